The molecule has 30 heavy (non-hydrogen) atoms. The first kappa shape index (κ1) is 20.3. The second-order valence-electron chi connectivity index (χ2n) is 6.48. The van der Waals surface area contributed by atoms with E-state index in [0.29, 0.717) is 5.56 Å². The van der Waals surface area contributed by atoms with Crippen LogP contribution in [0.4, 0.5) is 4.39 Å². The third-order valence-corrected chi connectivity index (χ3v) is 5.61. The number of rotatable bonds is 6. The van der Waals surface area contributed by atoms with Crippen LogP contribution in [-0.2, 0) is 0 Å². The summed E-state index contributed by atoms with van der Waals surface area (Å²) < 4.78 is 25.7. The molecule has 4 rings (SSSR count). The van der Waals surface area contributed by atoms with Crippen LogP contribution in [0, 0.1) is 9.39 Å². The van der Waals surface area contributed by atoms with Crippen LogP contribution in [0.3, 0.4) is 0 Å². The minimum absolute atomic E-state index is 0.240. The largest absolute Gasteiger partial charge is 0.497 e. The Labute approximate surface area is 186 Å². The molecule has 0 aliphatic carbocycles. The number of nitrogens with zero attached hydrogens (tertiary/aromatic N) is 4. The third-order valence-electron chi connectivity index (χ3n) is 4.71. The molecule has 152 valence electrons. The van der Waals surface area contributed by atoms with Crippen LogP contribution in [-0.4, -0.2) is 34.4 Å². The van der Waals surface area contributed by atoms with Gasteiger partial charge < -0.3 is 9.47 Å². The lowest BCUT2D eigenvalue weighted by molar-refractivity contribution is 0.413. The highest BCUT2D eigenvalue weighted by molar-refractivity contribution is 14.1. The van der Waals surface area contributed by atoms with Crippen LogP contribution < -0.4 is 9.47 Å². The lowest BCUT2D eigenvalue weighted by Crippen LogP contribution is -2.15. The molecule has 0 spiro atoms. The first-order valence-electron chi connectivity index (χ1n) is 9.12. The summed E-state index contributed by atoms with van der Waals surface area (Å²) in [5, 5.41) is 12.9. The molecule has 0 fully saturated rings. The van der Waals surface area contributed by atoms with Crippen molar-refractivity contribution in [2.75, 3.05) is 14.2 Å². The molecule has 0 N–H and O–H groups in total. The highest BCUT2D eigenvalue weighted by Gasteiger charge is 2.22. The lowest BCUT2D eigenvalue weighted by Gasteiger charge is -2.17. The SMILES string of the molecule is COc1ccc(C(c2ccc(OC)cc2)n2nnc(-c3c(F)cccc3I)n2)cc1. The highest BCUT2D eigenvalue weighted by atomic mass is 127. The van der Waals surface area contributed by atoms with Crippen molar-refractivity contribution in [2.45, 2.75) is 6.04 Å². The molecule has 3 aromatic carbocycles. The molecule has 1 heterocycles. The van der Waals surface area contributed by atoms with E-state index in [2.05, 4.69) is 38.0 Å². The maximum absolute atomic E-state index is 14.4. The molecule has 4 aromatic rings. The quantitative estimate of drug-likeness (QED) is 0.347. The Hall–Kier alpha value is -3.01. The van der Waals surface area contributed by atoms with Crippen molar-refractivity contribution in [1.82, 2.24) is 20.2 Å². The fourth-order valence-corrected chi connectivity index (χ4v) is 3.88. The summed E-state index contributed by atoms with van der Waals surface area (Å²) in [4.78, 5) is 1.50. The Kier molecular flexibility index (Phi) is 5.93. The molecule has 0 amide bonds. The van der Waals surface area contributed by atoms with Crippen LogP contribution in [0.15, 0.2) is 66.7 Å². The van der Waals surface area contributed by atoms with Crippen molar-refractivity contribution >= 4 is 22.6 Å². The van der Waals surface area contributed by atoms with Gasteiger partial charge in [-0.3, -0.25) is 0 Å². The number of halogens is 2. The second-order valence-corrected chi connectivity index (χ2v) is 7.64. The Bertz CT molecular complexity index is 1080. The molecular weight excluding hydrogens is 498 g/mol. The van der Waals surface area contributed by atoms with Crippen molar-refractivity contribution in [3.05, 3.63) is 87.2 Å². The van der Waals surface area contributed by atoms with Gasteiger partial charge in [-0.15, -0.1) is 10.2 Å². The highest BCUT2D eigenvalue weighted by Crippen LogP contribution is 2.30. The van der Waals surface area contributed by atoms with Gasteiger partial charge in [0.1, 0.15) is 23.4 Å². The van der Waals surface area contributed by atoms with Crippen molar-refractivity contribution in [2.24, 2.45) is 0 Å². The topological polar surface area (TPSA) is 62.1 Å². The van der Waals surface area contributed by atoms with Gasteiger partial charge in [0, 0.05) is 3.57 Å². The summed E-state index contributed by atoms with van der Waals surface area (Å²) in [5.74, 6) is 1.36. The molecule has 0 aliphatic rings. The fraction of sp³-hybridized carbons (Fsp3) is 0.136. The van der Waals surface area contributed by atoms with E-state index in [9.17, 15) is 4.39 Å². The van der Waals surface area contributed by atoms with Gasteiger partial charge in [-0.2, -0.15) is 4.80 Å². The molecule has 0 unspecified atom stereocenters. The summed E-state index contributed by atoms with van der Waals surface area (Å²) in [7, 11) is 3.24. The van der Waals surface area contributed by atoms with Gasteiger partial charge in [0.25, 0.3) is 0 Å². The van der Waals surface area contributed by atoms with Gasteiger partial charge in [0.15, 0.2) is 0 Å². The molecular formula is C22H18FIN4O2. The predicted octanol–water partition coefficient (Wildman–Crippen LogP) is 4.74. The fourth-order valence-electron chi connectivity index (χ4n) is 3.18. The van der Waals surface area contributed by atoms with Gasteiger partial charge in [0.2, 0.25) is 5.82 Å². The Morgan fingerprint density at radius 1 is 0.867 bits per heavy atom. The van der Waals surface area contributed by atoms with E-state index in [1.807, 2.05) is 54.6 Å². The van der Waals surface area contributed by atoms with Crippen LogP contribution in [0.25, 0.3) is 11.4 Å². The average molecular weight is 516 g/mol. The van der Waals surface area contributed by atoms with Gasteiger partial charge in [-0.05, 0) is 75.3 Å². The molecule has 8 heteroatoms. The summed E-state index contributed by atoms with van der Waals surface area (Å²) in [6, 6.07) is 19.8. The minimum atomic E-state index is -0.383. The predicted molar refractivity (Wildman–Crippen MR) is 119 cm³/mol. The molecule has 0 aliphatic heterocycles. The summed E-state index contributed by atoms with van der Waals surface area (Å²) in [6.45, 7) is 0. The van der Waals surface area contributed by atoms with Crippen LogP contribution >= 0.6 is 22.6 Å². The second kappa shape index (κ2) is 8.78. The first-order chi connectivity index (χ1) is 14.6. The minimum Gasteiger partial charge on any atom is -0.497 e. The van der Waals surface area contributed by atoms with Gasteiger partial charge in [0.05, 0.1) is 19.8 Å². The number of tetrazole rings is 1. The average Bonchev–Trinajstić information content (AvgIpc) is 3.24. The summed E-state index contributed by atoms with van der Waals surface area (Å²) >= 11 is 2.07. The number of ether oxygens (including phenoxy) is 2. The molecule has 0 radical (unpaired) electrons. The number of benzene rings is 3. The van der Waals surface area contributed by atoms with Crippen molar-refractivity contribution in [3.63, 3.8) is 0 Å². The zero-order valence-electron chi connectivity index (χ0n) is 16.3. The molecule has 0 bridgehead atoms. The maximum atomic E-state index is 14.4. The van der Waals surface area contributed by atoms with E-state index in [1.54, 1.807) is 20.3 Å². The smallest absolute Gasteiger partial charge is 0.208 e. The zero-order valence-corrected chi connectivity index (χ0v) is 18.4. The summed E-state index contributed by atoms with van der Waals surface area (Å²) in [5.41, 5.74) is 2.22. The monoisotopic (exact) mass is 516 g/mol. The molecule has 6 nitrogen and oxygen atoms in total. The molecule has 1 aromatic heterocycles. The van der Waals surface area contributed by atoms with E-state index < -0.39 is 0 Å². The molecule has 0 saturated carbocycles. The van der Waals surface area contributed by atoms with E-state index in [1.165, 1.54) is 10.9 Å². The van der Waals surface area contributed by atoms with Gasteiger partial charge in [-0.25, -0.2) is 4.39 Å². The van der Waals surface area contributed by atoms with E-state index in [4.69, 9.17) is 9.47 Å². The number of hydrogen-bond donors (Lipinski definition) is 0. The standard InChI is InChI=1S/C22H18FIN4O2/c1-29-16-10-6-14(7-11-16)21(15-8-12-17(30-2)13-9-15)28-26-22(25-27-28)20-18(23)4-3-5-19(20)24/h3-13,21H,1-2H3. The van der Waals surface area contributed by atoms with E-state index in [0.717, 1.165) is 26.2 Å². The van der Waals surface area contributed by atoms with Gasteiger partial charge >= 0.3 is 0 Å². The Morgan fingerprint density at radius 3 is 1.93 bits per heavy atom. The zero-order chi connectivity index (χ0) is 21.1. The van der Waals surface area contributed by atoms with Gasteiger partial charge in [-0.1, -0.05) is 30.3 Å². The van der Waals surface area contributed by atoms with Crippen molar-refractivity contribution in [1.29, 1.82) is 0 Å². The Balaban J connectivity index is 1.80. The van der Waals surface area contributed by atoms with Crippen LogP contribution in [0.5, 0.6) is 11.5 Å². The van der Waals surface area contributed by atoms with Crippen LogP contribution in [0.1, 0.15) is 17.2 Å². The van der Waals surface area contributed by atoms with Crippen LogP contribution in [0.2, 0.25) is 0 Å². The normalized spacial score (nSPS) is 11.0. The molecule has 0 atom stereocenters. The van der Waals surface area contributed by atoms with Crippen molar-refractivity contribution in [3.8, 4) is 22.9 Å². The number of methoxy groups -OCH3 is 2. The Morgan fingerprint density at radius 2 is 1.43 bits per heavy atom. The summed E-state index contributed by atoms with van der Waals surface area (Å²) in [6.07, 6.45) is 0. The van der Waals surface area contributed by atoms with Crippen molar-refractivity contribution < 1.29 is 13.9 Å². The van der Waals surface area contributed by atoms with E-state index in [-0.39, 0.29) is 17.7 Å². The third kappa shape index (κ3) is 4.00. The molecule has 0 saturated heterocycles. The first-order valence-corrected chi connectivity index (χ1v) is 10.2. The number of hydrogen-bond acceptors (Lipinski definition) is 5. The van der Waals surface area contributed by atoms with E-state index >= 15 is 0 Å². The number of aromatic nitrogens is 4. The maximum Gasteiger partial charge on any atom is 0.208 e. The lowest BCUT2D eigenvalue weighted by atomic mass is 9.99.